The number of thiazole rings is 1. The molecule has 0 atom stereocenters. The number of hydrogen-bond donors (Lipinski definition) is 0. The van der Waals surface area contributed by atoms with E-state index in [1.165, 1.54) is 11.1 Å². The van der Waals surface area contributed by atoms with Gasteiger partial charge in [0.05, 0.1) is 0 Å². The van der Waals surface area contributed by atoms with Crippen LogP contribution in [0.2, 0.25) is 5.02 Å². The number of rotatable bonds is 5. The molecule has 3 radical (unpaired) electrons. The molecule has 3 aromatic heterocycles. The van der Waals surface area contributed by atoms with E-state index in [9.17, 15) is 0 Å². The molecule has 6 aromatic rings. The van der Waals surface area contributed by atoms with Crippen molar-refractivity contribution in [1.29, 1.82) is 0 Å². The number of fused-ring (bicyclic) bond motifs is 1. The van der Waals surface area contributed by atoms with E-state index < -0.39 is 0 Å². The first-order chi connectivity index (χ1) is 17.6. The molecular formula is C29H23ClN3OPbS. The van der Waals surface area contributed by atoms with Crippen LogP contribution in [-0.2, 0) is 3.10 Å². The van der Waals surface area contributed by atoms with Crippen molar-refractivity contribution < 1.29 is 4.42 Å². The van der Waals surface area contributed by atoms with Gasteiger partial charge in [0, 0.05) is 0 Å². The summed E-state index contributed by atoms with van der Waals surface area (Å²) in [7, 11) is 0. The first kappa shape index (κ1) is 24.9. The summed E-state index contributed by atoms with van der Waals surface area (Å²) in [5.41, 5.74) is 5.02. The molecule has 36 heavy (non-hydrogen) atoms. The summed E-state index contributed by atoms with van der Waals surface area (Å²) < 4.78 is 7.99. The maximum atomic E-state index is 6.13. The average Bonchev–Trinajstić information content (AvgIpc) is 3.69. The van der Waals surface area contributed by atoms with Crippen LogP contribution in [0, 0.1) is 0 Å². The van der Waals surface area contributed by atoms with Crippen LogP contribution >= 0.6 is 22.9 Å². The molecule has 0 N–H and O–H groups in total. The van der Waals surface area contributed by atoms with Gasteiger partial charge in [-0.2, -0.15) is 0 Å². The standard InChI is InChI=1S/C27H17ClN3OS.C2H6.Pb/c28-21-12-11-20-13-25(32-24(20)14-21)22-16-33-27(30-22)23-15-29-17-31(23)26(18-7-3-1-4-8-18)19-9-5-2-6-10-19;1-2;/h1-17H;1-2H3;. The van der Waals surface area contributed by atoms with Crippen LogP contribution in [0.3, 0.4) is 0 Å². The van der Waals surface area contributed by atoms with E-state index in [0.717, 1.165) is 58.9 Å². The summed E-state index contributed by atoms with van der Waals surface area (Å²) in [5.74, 6) is 0.731. The average molecular weight is 704 g/mol. The van der Waals surface area contributed by atoms with Crippen molar-refractivity contribution in [3.63, 3.8) is 0 Å². The van der Waals surface area contributed by atoms with Gasteiger partial charge in [0.2, 0.25) is 0 Å². The van der Waals surface area contributed by atoms with Gasteiger partial charge in [-0.15, -0.1) is 0 Å². The number of nitrogens with zero attached hydrogens (tertiary/aromatic N) is 3. The second-order valence-electron chi connectivity index (χ2n) is 7.92. The monoisotopic (exact) mass is 704 g/mol. The molecular weight excluding hydrogens is 681 g/mol. The molecule has 0 amide bonds. The second kappa shape index (κ2) is 10.7. The van der Waals surface area contributed by atoms with E-state index in [-0.39, 0.29) is 3.10 Å². The zero-order chi connectivity index (χ0) is 25.1. The molecule has 7 heteroatoms. The van der Waals surface area contributed by atoms with E-state index in [1.807, 2.05) is 56.0 Å². The number of aromatic nitrogens is 3. The van der Waals surface area contributed by atoms with Crippen molar-refractivity contribution in [1.82, 2.24) is 14.5 Å². The normalized spacial score (nSPS) is 11.3. The molecule has 0 unspecified atom stereocenters. The van der Waals surface area contributed by atoms with E-state index in [4.69, 9.17) is 21.0 Å². The van der Waals surface area contributed by atoms with Gasteiger partial charge in [0.15, 0.2) is 0 Å². The van der Waals surface area contributed by atoms with Crippen molar-refractivity contribution in [3.8, 4) is 22.2 Å². The molecule has 0 aliphatic carbocycles. The molecule has 3 aromatic carbocycles. The van der Waals surface area contributed by atoms with E-state index >= 15 is 0 Å². The minimum atomic E-state index is -0.323. The van der Waals surface area contributed by atoms with Crippen LogP contribution in [0.1, 0.15) is 25.0 Å². The fourth-order valence-corrected chi connectivity index (χ4v) is 7.13. The molecule has 0 spiro atoms. The first-order valence-electron chi connectivity index (χ1n) is 11.7. The fraction of sp³-hybridized carbons (Fsp3) is 0.103. The van der Waals surface area contributed by atoms with Gasteiger partial charge in [-0.25, -0.2) is 0 Å². The Balaban J connectivity index is 0.00000130. The van der Waals surface area contributed by atoms with Crippen molar-refractivity contribution in [2.24, 2.45) is 0 Å². The second-order valence-corrected chi connectivity index (χ2v) is 12.0. The van der Waals surface area contributed by atoms with E-state index in [0.29, 0.717) is 5.02 Å². The van der Waals surface area contributed by atoms with Gasteiger partial charge in [-0.1, -0.05) is 13.8 Å². The first-order valence-corrected chi connectivity index (χ1v) is 14.9. The Morgan fingerprint density at radius 1 is 0.917 bits per heavy atom. The van der Waals surface area contributed by atoms with Gasteiger partial charge in [0.1, 0.15) is 0 Å². The SMILES string of the molecule is CC.Clc1ccc2cc(-c3csc(-c4cncn4[C]([Pb])(c4ccccc4)c4ccccc4)n3)oc2c1. The zero-order valence-corrected chi connectivity index (χ0v) is 25.3. The Labute approximate surface area is 235 Å². The predicted octanol–water partition coefficient (Wildman–Crippen LogP) is 8.02. The van der Waals surface area contributed by atoms with Gasteiger partial charge in [-0.05, 0) is 0 Å². The molecule has 4 nitrogen and oxygen atoms in total. The zero-order valence-electron chi connectivity index (χ0n) is 19.9. The Morgan fingerprint density at radius 2 is 1.58 bits per heavy atom. The summed E-state index contributed by atoms with van der Waals surface area (Å²) in [6.45, 7) is 4.00. The summed E-state index contributed by atoms with van der Waals surface area (Å²) in [6, 6.07) is 28.9. The molecule has 0 saturated carbocycles. The van der Waals surface area contributed by atoms with E-state index in [2.05, 4.69) is 70.2 Å². The van der Waals surface area contributed by atoms with Gasteiger partial charge in [0.25, 0.3) is 0 Å². The molecule has 0 bridgehead atoms. The third-order valence-corrected chi connectivity index (χ3v) is 10.1. The summed E-state index contributed by atoms with van der Waals surface area (Å²) in [6.07, 6.45) is 3.83. The predicted molar refractivity (Wildman–Crippen MR) is 150 cm³/mol. The summed E-state index contributed by atoms with van der Waals surface area (Å²) >= 11 is 8.56. The topological polar surface area (TPSA) is 43.9 Å². The number of furan rings is 1. The Kier molecular flexibility index (Phi) is 7.41. The quantitative estimate of drug-likeness (QED) is 0.171. The van der Waals surface area contributed by atoms with Crippen LogP contribution in [0.4, 0.5) is 0 Å². The third-order valence-electron chi connectivity index (χ3n) is 5.84. The summed E-state index contributed by atoms with van der Waals surface area (Å²) in [4.78, 5) is 9.50. The van der Waals surface area contributed by atoms with Crippen LogP contribution in [0.5, 0.6) is 0 Å². The third kappa shape index (κ3) is 4.55. The van der Waals surface area contributed by atoms with Crippen molar-refractivity contribution in [3.05, 3.63) is 119 Å². The molecule has 6 rings (SSSR count). The summed E-state index contributed by atoms with van der Waals surface area (Å²) in [5, 5.41) is 4.59. The Morgan fingerprint density at radius 3 is 2.25 bits per heavy atom. The van der Waals surface area contributed by atoms with Gasteiger partial charge >= 0.3 is 223 Å². The number of benzene rings is 3. The molecule has 0 saturated heterocycles. The number of imidazole rings is 1. The Bertz CT molecular complexity index is 1550. The molecule has 0 aliphatic heterocycles. The van der Waals surface area contributed by atoms with Crippen LogP contribution in [0.15, 0.2) is 107 Å². The van der Waals surface area contributed by atoms with Gasteiger partial charge < -0.3 is 0 Å². The van der Waals surface area contributed by atoms with Crippen LogP contribution < -0.4 is 0 Å². The maximum absolute atomic E-state index is 6.13. The van der Waals surface area contributed by atoms with Crippen molar-refractivity contribution in [2.75, 3.05) is 0 Å². The number of hydrogen-bond acceptors (Lipinski definition) is 4. The van der Waals surface area contributed by atoms with Gasteiger partial charge in [-0.3, -0.25) is 0 Å². The van der Waals surface area contributed by atoms with Crippen molar-refractivity contribution in [2.45, 2.75) is 16.9 Å². The van der Waals surface area contributed by atoms with Crippen molar-refractivity contribution >= 4 is 59.7 Å². The molecule has 0 aliphatic rings. The van der Waals surface area contributed by atoms with Crippen LogP contribution in [0.25, 0.3) is 33.1 Å². The van der Waals surface area contributed by atoms with E-state index in [1.54, 1.807) is 11.3 Å². The molecule has 177 valence electrons. The number of halogens is 1. The van der Waals surface area contributed by atoms with Crippen LogP contribution in [-0.4, -0.2) is 40.3 Å². The Hall–Kier alpha value is -2.75. The molecule has 0 fully saturated rings. The minimum absolute atomic E-state index is 0.323. The fourth-order valence-electron chi connectivity index (χ4n) is 4.16. The molecule has 3 heterocycles.